The molecule has 2 N–H and O–H groups in total. The van der Waals surface area contributed by atoms with Crippen LogP contribution in [0.4, 0.5) is 0 Å². The van der Waals surface area contributed by atoms with Crippen molar-refractivity contribution in [2.24, 2.45) is 5.73 Å². The molecule has 5 heteroatoms. The highest BCUT2D eigenvalue weighted by Crippen LogP contribution is 2.26. The van der Waals surface area contributed by atoms with Crippen molar-refractivity contribution in [3.8, 4) is 5.75 Å². The van der Waals surface area contributed by atoms with Crippen molar-refractivity contribution in [3.05, 3.63) is 29.3 Å². The van der Waals surface area contributed by atoms with Crippen molar-refractivity contribution >= 4 is 5.91 Å². The van der Waals surface area contributed by atoms with E-state index in [0.717, 1.165) is 42.9 Å². The average molecular weight is 275 g/mol. The molecule has 108 valence electrons. The lowest BCUT2D eigenvalue weighted by Crippen LogP contribution is -2.56. The van der Waals surface area contributed by atoms with Gasteiger partial charge in [0, 0.05) is 38.2 Å². The zero-order chi connectivity index (χ0) is 14.1. The summed E-state index contributed by atoms with van der Waals surface area (Å²) in [5, 5.41) is 0. The van der Waals surface area contributed by atoms with Crippen LogP contribution in [-0.2, 0) is 6.42 Å². The highest BCUT2D eigenvalue weighted by atomic mass is 16.5. The van der Waals surface area contributed by atoms with Crippen molar-refractivity contribution < 1.29 is 9.53 Å². The van der Waals surface area contributed by atoms with E-state index in [1.165, 1.54) is 0 Å². The molecule has 3 rings (SSSR count). The van der Waals surface area contributed by atoms with Crippen molar-refractivity contribution in [3.63, 3.8) is 0 Å². The largest absolute Gasteiger partial charge is 0.493 e. The van der Waals surface area contributed by atoms with E-state index in [4.69, 9.17) is 10.5 Å². The standard InChI is InChI=1S/C15H21N3O2/c1-17-5-6-18(13(9-16)10-17)15(19)12-2-3-14-11(8-12)4-7-20-14/h2-3,8,13H,4-7,9-10,16H2,1H3. The Balaban J connectivity index is 1.81. The van der Waals surface area contributed by atoms with Gasteiger partial charge in [-0.2, -0.15) is 0 Å². The molecule has 20 heavy (non-hydrogen) atoms. The second kappa shape index (κ2) is 5.42. The maximum Gasteiger partial charge on any atom is 0.254 e. The van der Waals surface area contributed by atoms with Gasteiger partial charge in [0.15, 0.2) is 0 Å². The second-order valence-electron chi connectivity index (χ2n) is 5.57. The minimum absolute atomic E-state index is 0.0863. The van der Waals surface area contributed by atoms with Gasteiger partial charge < -0.3 is 20.3 Å². The van der Waals surface area contributed by atoms with Gasteiger partial charge in [0.05, 0.1) is 12.6 Å². The predicted molar refractivity (Wildman–Crippen MR) is 77.0 cm³/mol. The molecule has 2 aliphatic rings. The van der Waals surface area contributed by atoms with E-state index in [1.54, 1.807) is 0 Å². The second-order valence-corrected chi connectivity index (χ2v) is 5.57. The van der Waals surface area contributed by atoms with E-state index < -0.39 is 0 Å². The van der Waals surface area contributed by atoms with Gasteiger partial charge in [-0.05, 0) is 30.8 Å². The summed E-state index contributed by atoms with van der Waals surface area (Å²) in [6.45, 7) is 3.70. The normalized spacial score (nSPS) is 22.5. The molecule has 0 aromatic heterocycles. The van der Waals surface area contributed by atoms with E-state index in [-0.39, 0.29) is 11.9 Å². The molecule has 0 radical (unpaired) electrons. The first-order valence-electron chi connectivity index (χ1n) is 7.14. The number of nitrogens with two attached hydrogens (primary N) is 1. The smallest absolute Gasteiger partial charge is 0.254 e. The molecule has 2 aliphatic heterocycles. The van der Waals surface area contributed by atoms with E-state index in [2.05, 4.69) is 11.9 Å². The zero-order valence-corrected chi connectivity index (χ0v) is 11.8. The van der Waals surface area contributed by atoms with Crippen LogP contribution in [0.5, 0.6) is 5.75 Å². The fourth-order valence-corrected chi connectivity index (χ4v) is 2.97. The molecule has 0 saturated carbocycles. The Morgan fingerprint density at radius 2 is 2.30 bits per heavy atom. The lowest BCUT2D eigenvalue weighted by molar-refractivity contribution is 0.0516. The Morgan fingerprint density at radius 1 is 1.45 bits per heavy atom. The van der Waals surface area contributed by atoms with Gasteiger partial charge in [-0.3, -0.25) is 4.79 Å². The van der Waals surface area contributed by atoms with Crippen molar-refractivity contribution in [2.75, 3.05) is 39.8 Å². The van der Waals surface area contributed by atoms with E-state index in [9.17, 15) is 4.79 Å². The number of rotatable bonds is 2. The highest BCUT2D eigenvalue weighted by molar-refractivity contribution is 5.95. The Hall–Kier alpha value is -1.59. The number of carbonyl (C=O) groups is 1. The molecule has 1 fully saturated rings. The summed E-state index contributed by atoms with van der Waals surface area (Å²) in [6.07, 6.45) is 0.888. The number of hydrogen-bond donors (Lipinski definition) is 1. The zero-order valence-electron chi connectivity index (χ0n) is 11.8. The average Bonchev–Trinajstić information content (AvgIpc) is 2.93. The van der Waals surface area contributed by atoms with Crippen LogP contribution >= 0.6 is 0 Å². The topological polar surface area (TPSA) is 58.8 Å². The number of hydrogen-bond acceptors (Lipinski definition) is 4. The van der Waals surface area contributed by atoms with Gasteiger partial charge >= 0.3 is 0 Å². The quantitative estimate of drug-likeness (QED) is 0.845. The highest BCUT2D eigenvalue weighted by Gasteiger charge is 2.29. The number of amides is 1. The lowest BCUT2D eigenvalue weighted by atomic mass is 10.1. The van der Waals surface area contributed by atoms with E-state index >= 15 is 0 Å². The van der Waals surface area contributed by atoms with Crippen LogP contribution in [-0.4, -0.2) is 61.6 Å². The van der Waals surface area contributed by atoms with Gasteiger partial charge in [-0.1, -0.05) is 0 Å². The molecule has 1 unspecified atom stereocenters. The molecular weight excluding hydrogens is 254 g/mol. The van der Waals surface area contributed by atoms with Crippen LogP contribution in [0.2, 0.25) is 0 Å². The molecule has 0 spiro atoms. The summed E-state index contributed by atoms with van der Waals surface area (Å²) in [7, 11) is 2.07. The predicted octanol–water partition coefficient (Wildman–Crippen LogP) is 0.336. The van der Waals surface area contributed by atoms with E-state index in [0.29, 0.717) is 13.2 Å². The number of piperazine rings is 1. The summed E-state index contributed by atoms with van der Waals surface area (Å²) in [4.78, 5) is 16.8. The number of likely N-dealkylation sites (N-methyl/N-ethyl adjacent to an activating group) is 1. The third-order valence-electron chi connectivity index (χ3n) is 4.16. The minimum atomic E-state index is 0.0863. The number of ether oxygens (including phenoxy) is 1. The van der Waals surface area contributed by atoms with Crippen LogP contribution in [0.1, 0.15) is 15.9 Å². The molecule has 2 heterocycles. The molecule has 0 aliphatic carbocycles. The molecule has 0 bridgehead atoms. The molecule has 1 saturated heterocycles. The molecule has 5 nitrogen and oxygen atoms in total. The molecule has 1 atom stereocenters. The van der Waals surface area contributed by atoms with Crippen LogP contribution in [0.25, 0.3) is 0 Å². The van der Waals surface area contributed by atoms with Gasteiger partial charge in [0.25, 0.3) is 5.91 Å². The molecule has 1 aromatic rings. The third-order valence-corrected chi connectivity index (χ3v) is 4.16. The fraction of sp³-hybridized carbons (Fsp3) is 0.533. The summed E-state index contributed by atoms with van der Waals surface area (Å²) in [5.74, 6) is 0.999. The van der Waals surface area contributed by atoms with Crippen molar-refractivity contribution in [2.45, 2.75) is 12.5 Å². The molecule has 1 aromatic carbocycles. The summed E-state index contributed by atoms with van der Waals surface area (Å²) in [6, 6.07) is 5.84. The van der Waals surface area contributed by atoms with Crippen LogP contribution in [0.3, 0.4) is 0 Å². The summed E-state index contributed by atoms with van der Waals surface area (Å²) < 4.78 is 5.48. The van der Waals surface area contributed by atoms with Crippen LogP contribution in [0, 0.1) is 0 Å². The van der Waals surface area contributed by atoms with Crippen molar-refractivity contribution in [1.29, 1.82) is 0 Å². The fourth-order valence-electron chi connectivity index (χ4n) is 2.97. The van der Waals surface area contributed by atoms with Gasteiger partial charge in [-0.15, -0.1) is 0 Å². The van der Waals surface area contributed by atoms with Crippen molar-refractivity contribution in [1.82, 2.24) is 9.80 Å². The first kappa shape index (κ1) is 13.4. The van der Waals surface area contributed by atoms with E-state index in [1.807, 2.05) is 23.1 Å². The Bertz CT molecular complexity index is 518. The first-order valence-corrected chi connectivity index (χ1v) is 7.14. The molecular formula is C15H21N3O2. The SMILES string of the molecule is CN1CCN(C(=O)c2ccc3c(c2)CCO3)C(CN)C1. The van der Waals surface area contributed by atoms with Gasteiger partial charge in [-0.25, -0.2) is 0 Å². The summed E-state index contributed by atoms with van der Waals surface area (Å²) in [5.41, 5.74) is 7.70. The number of fused-ring (bicyclic) bond motifs is 1. The Morgan fingerprint density at radius 3 is 3.10 bits per heavy atom. The van der Waals surface area contributed by atoms with Crippen LogP contribution in [0.15, 0.2) is 18.2 Å². The maximum atomic E-state index is 12.7. The maximum absolute atomic E-state index is 12.7. The first-order chi connectivity index (χ1) is 9.69. The van der Waals surface area contributed by atoms with Gasteiger partial charge in [0.1, 0.15) is 5.75 Å². The van der Waals surface area contributed by atoms with Gasteiger partial charge in [0.2, 0.25) is 0 Å². The van der Waals surface area contributed by atoms with Crippen LogP contribution < -0.4 is 10.5 Å². The number of nitrogens with zero attached hydrogens (tertiary/aromatic N) is 2. The summed E-state index contributed by atoms with van der Waals surface area (Å²) >= 11 is 0. The molecule has 1 amide bonds. The Kier molecular flexibility index (Phi) is 3.63. The number of benzene rings is 1. The monoisotopic (exact) mass is 275 g/mol. The Labute approximate surface area is 119 Å². The number of carbonyl (C=O) groups excluding carboxylic acids is 1. The third kappa shape index (κ3) is 2.39. The minimum Gasteiger partial charge on any atom is -0.493 e. The lowest BCUT2D eigenvalue weighted by Gasteiger charge is -2.39.